The minimum Gasteiger partial charge on any atom is -0.459 e. The Kier molecular flexibility index (Phi) is 4.13. The van der Waals surface area contributed by atoms with Gasteiger partial charge in [-0.15, -0.1) is 0 Å². The van der Waals surface area contributed by atoms with Crippen molar-refractivity contribution in [1.29, 1.82) is 0 Å². The molecule has 2 N–H and O–H groups in total. The van der Waals surface area contributed by atoms with Crippen LogP contribution in [0.4, 0.5) is 10.5 Å². The lowest BCUT2D eigenvalue weighted by Gasteiger charge is -2.24. The van der Waals surface area contributed by atoms with Gasteiger partial charge >= 0.3 is 6.03 Å². The lowest BCUT2D eigenvalue weighted by molar-refractivity contribution is 0.0501. The zero-order chi connectivity index (χ0) is 19.1. The molecule has 2 aliphatic rings. The van der Waals surface area contributed by atoms with Crippen molar-refractivity contribution in [3.63, 3.8) is 0 Å². The van der Waals surface area contributed by atoms with E-state index in [1.807, 2.05) is 42.5 Å². The van der Waals surface area contributed by atoms with E-state index in [1.54, 1.807) is 4.90 Å². The van der Waals surface area contributed by atoms with E-state index in [0.29, 0.717) is 18.7 Å². The summed E-state index contributed by atoms with van der Waals surface area (Å²) in [6, 6.07) is 15.3. The van der Waals surface area contributed by atoms with Gasteiger partial charge in [-0.25, -0.2) is 4.79 Å². The molecule has 1 atom stereocenters. The Hall–Kier alpha value is -2.79. The summed E-state index contributed by atoms with van der Waals surface area (Å²) in [7, 11) is 0. The largest absolute Gasteiger partial charge is 0.459 e. The molecule has 1 aliphatic carbocycles. The minimum absolute atomic E-state index is 0.200. The maximum Gasteiger partial charge on any atom is 0.322 e. The van der Waals surface area contributed by atoms with Crippen molar-refractivity contribution in [2.45, 2.75) is 37.7 Å². The molecule has 5 nitrogen and oxygen atoms in total. The van der Waals surface area contributed by atoms with Gasteiger partial charge in [-0.3, -0.25) is 0 Å². The fraction of sp³-hybridized carbons (Fsp3) is 0.348. The lowest BCUT2D eigenvalue weighted by Crippen LogP contribution is -2.37. The molecular weight excluding hydrogens is 352 g/mol. The Morgan fingerprint density at radius 1 is 1.07 bits per heavy atom. The van der Waals surface area contributed by atoms with Crippen molar-refractivity contribution >= 4 is 22.7 Å². The highest BCUT2D eigenvalue weighted by atomic mass is 16.3. The van der Waals surface area contributed by atoms with Crippen LogP contribution in [0.25, 0.3) is 11.0 Å². The van der Waals surface area contributed by atoms with Crippen LogP contribution in [0.1, 0.15) is 36.1 Å². The third-order valence-electron chi connectivity index (χ3n) is 6.07. The van der Waals surface area contributed by atoms with Gasteiger partial charge in [0.15, 0.2) is 5.58 Å². The highest BCUT2D eigenvalue weighted by Gasteiger charge is 2.39. The molecule has 144 valence electrons. The number of carbonyl (C=O) groups is 1. The number of para-hydroxylation sites is 1. The Morgan fingerprint density at radius 3 is 2.75 bits per heavy atom. The zero-order valence-corrected chi connectivity index (χ0v) is 15.8. The predicted octanol–water partition coefficient (Wildman–Crippen LogP) is 4.44. The van der Waals surface area contributed by atoms with Crippen molar-refractivity contribution in [2.24, 2.45) is 0 Å². The van der Waals surface area contributed by atoms with Gasteiger partial charge in [0, 0.05) is 23.9 Å². The predicted molar refractivity (Wildman–Crippen MR) is 108 cm³/mol. The maximum absolute atomic E-state index is 12.9. The summed E-state index contributed by atoms with van der Waals surface area (Å²) in [5, 5.41) is 15.1. The van der Waals surface area contributed by atoms with E-state index < -0.39 is 5.60 Å². The number of likely N-dealkylation sites (tertiary alicyclic amines) is 1. The van der Waals surface area contributed by atoms with Gasteiger partial charge in [-0.1, -0.05) is 42.5 Å². The fourth-order valence-corrected chi connectivity index (χ4v) is 4.53. The molecule has 1 fully saturated rings. The topological polar surface area (TPSA) is 65.7 Å². The van der Waals surface area contributed by atoms with Crippen molar-refractivity contribution in [1.82, 2.24) is 4.90 Å². The second-order valence-electron chi connectivity index (χ2n) is 7.89. The number of aryl methyl sites for hydroxylation is 2. The molecule has 0 bridgehead atoms. The summed E-state index contributed by atoms with van der Waals surface area (Å²) in [4.78, 5) is 14.6. The van der Waals surface area contributed by atoms with E-state index in [2.05, 4.69) is 11.4 Å². The molecule has 1 saturated heterocycles. The van der Waals surface area contributed by atoms with Gasteiger partial charge in [0.25, 0.3) is 0 Å². The third-order valence-corrected chi connectivity index (χ3v) is 6.07. The smallest absolute Gasteiger partial charge is 0.322 e. The zero-order valence-electron chi connectivity index (χ0n) is 15.8. The number of β-amino-alcohol motifs (C(OH)–C–C–N with tert-alkyl or cyclic N) is 1. The van der Waals surface area contributed by atoms with E-state index in [9.17, 15) is 9.90 Å². The number of anilines is 1. The van der Waals surface area contributed by atoms with Crippen LogP contribution in [-0.4, -0.2) is 29.1 Å². The molecule has 0 spiro atoms. The summed E-state index contributed by atoms with van der Waals surface area (Å²) < 4.78 is 6.11. The number of urea groups is 1. The average Bonchev–Trinajstić information content (AvgIpc) is 3.31. The number of aliphatic hydroxyl groups is 1. The van der Waals surface area contributed by atoms with E-state index in [1.165, 1.54) is 12.0 Å². The summed E-state index contributed by atoms with van der Waals surface area (Å²) in [6.45, 7) is 0.801. The van der Waals surface area contributed by atoms with Crippen molar-refractivity contribution in [2.75, 3.05) is 18.4 Å². The summed E-state index contributed by atoms with van der Waals surface area (Å²) in [5.41, 5.74) is 2.62. The van der Waals surface area contributed by atoms with Crippen LogP contribution in [0, 0.1) is 0 Å². The van der Waals surface area contributed by atoms with Crippen LogP contribution in [-0.2, 0) is 18.4 Å². The molecule has 5 heteroatoms. The number of carbonyl (C=O) groups excluding carboxylic acids is 1. The molecule has 0 saturated carbocycles. The first kappa shape index (κ1) is 17.3. The Balaban J connectivity index is 1.37. The molecule has 28 heavy (non-hydrogen) atoms. The van der Waals surface area contributed by atoms with E-state index in [-0.39, 0.29) is 12.6 Å². The first-order valence-electron chi connectivity index (χ1n) is 10.0. The van der Waals surface area contributed by atoms with Crippen LogP contribution < -0.4 is 5.32 Å². The summed E-state index contributed by atoms with van der Waals surface area (Å²) in [5.74, 6) is 1.06. The third kappa shape index (κ3) is 2.87. The fourth-order valence-electron chi connectivity index (χ4n) is 4.53. The number of fused-ring (bicyclic) bond motifs is 3. The highest BCUT2D eigenvalue weighted by molar-refractivity contribution is 6.00. The number of rotatable bonds is 2. The summed E-state index contributed by atoms with van der Waals surface area (Å²) in [6.07, 6.45) is 4.87. The van der Waals surface area contributed by atoms with Gasteiger partial charge < -0.3 is 19.7 Å². The molecule has 1 aromatic heterocycles. The lowest BCUT2D eigenvalue weighted by atomic mass is 9.93. The molecule has 5 rings (SSSR count). The number of nitrogens with zero attached hydrogens (tertiary/aromatic N) is 1. The van der Waals surface area contributed by atoms with Gasteiger partial charge in [0.2, 0.25) is 0 Å². The monoisotopic (exact) mass is 376 g/mol. The van der Waals surface area contributed by atoms with Crippen LogP contribution in [0.15, 0.2) is 52.9 Å². The van der Waals surface area contributed by atoms with Crippen molar-refractivity contribution < 1.29 is 14.3 Å². The summed E-state index contributed by atoms with van der Waals surface area (Å²) >= 11 is 0. The number of benzene rings is 2. The highest BCUT2D eigenvalue weighted by Crippen LogP contribution is 2.36. The van der Waals surface area contributed by atoms with Crippen molar-refractivity contribution in [3.05, 3.63) is 65.4 Å². The van der Waals surface area contributed by atoms with E-state index in [4.69, 9.17) is 4.42 Å². The van der Waals surface area contributed by atoms with Gasteiger partial charge in [0.1, 0.15) is 11.4 Å². The molecule has 0 radical (unpaired) electrons. The van der Waals surface area contributed by atoms with Crippen LogP contribution in [0.5, 0.6) is 0 Å². The second kappa shape index (κ2) is 6.67. The van der Waals surface area contributed by atoms with Crippen molar-refractivity contribution in [3.8, 4) is 0 Å². The van der Waals surface area contributed by atoms with E-state index in [0.717, 1.165) is 41.6 Å². The second-order valence-corrected chi connectivity index (χ2v) is 7.89. The molecule has 1 aliphatic heterocycles. The Bertz CT molecular complexity index is 1030. The number of hydrogen-bond acceptors (Lipinski definition) is 3. The van der Waals surface area contributed by atoms with Crippen LogP contribution in [0.2, 0.25) is 0 Å². The van der Waals surface area contributed by atoms with Gasteiger partial charge in [-0.05, 0) is 37.3 Å². The van der Waals surface area contributed by atoms with Crippen LogP contribution >= 0.6 is 0 Å². The number of furan rings is 1. The molecule has 0 unspecified atom stereocenters. The molecule has 2 amide bonds. The Morgan fingerprint density at radius 2 is 1.89 bits per heavy atom. The SMILES string of the molecule is O=C(Nc1cccc2c3c(oc12)CCCC3)N1CC[C@](O)(c2ccccc2)C1. The number of nitrogens with one attached hydrogen (secondary N) is 1. The van der Waals surface area contributed by atoms with Gasteiger partial charge in [-0.2, -0.15) is 0 Å². The number of amides is 2. The molecule has 3 aromatic rings. The molecule has 2 aromatic carbocycles. The first-order valence-corrected chi connectivity index (χ1v) is 10.0. The van der Waals surface area contributed by atoms with Crippen LogP contribution in [0.3, 0.4) is 0 Å². The quantitative estimate of drug-likeness (QED) is 0.695. The standard InChI is InChI=1S/C23H24N2O3/c26-22(25-14-13-23(27,15-25)16-7-2-1-3-8-16)24-19-11-6-10-18-17-9-4-5-12-20(17)28-21(18)19/h1-3,6-8,10-11,27H,4-5,9,12-15H2,(H,24,26)/t23-/m1/s1. The van der Waals surface area contributed by atoms with Gasteiger partial charge in [0.05, 0.1) is 12.2 Å². The maximum atomic E-state index is 12.9. The normalized spacial score (nSPS) is 21.7. The molecular formula is C23H24N2O3. The number of hydrogen-bond donors (Lipinski definition) is 2. The average molecular weight is 376 g/mol. The first-order chi connectivity index (χ1) is 13.6. The molecule has 2 heterocycles. The van der Waals surface area contributed by atoms with E-state index >= 15 is 0 Å². The Labute approximate surface area is 164 Å². The minimum atomic E-state index is -0.992.